The molecular weight excluding hydrogens is 268 g/mol. The van der Waals surface area contributed by atoms with Crippen molar-refractivity contribution >= 4 is 5.97 Å². The molecule has 21 heavy (non-hydrogen) atoms. The van der Waals surface area contributed by atoms with Crippen molar-refractivity contribution < 1.29 is 18.7 Å². The van der Waals surface area contributed by atoms with E-state index in [-0.39, 0.29) is 11.7 Å². The van der Waals surface area contributed by atoms with Crippen LogP contribution in [0.5, 0.6) is 5.75 Å². The van der Waals surface area contributed by atoms with E-state index >= 15 is 0 Å². The zero-order valence-electron chi connectivity index (χ0n) is 12.8. The molecule has 112 valence electrons. The maximum atomic E-state index is 12.2. The van der Waals surface area contributed by atoms with E-state index in [1.807, 2.05) is 25.1 Å². The van der Waals surface area contributed by atoms with Crippen molar-refractivity contribution in [3.05, 3.63) is 53.0 Å². The van der Waals surface area contributed by atoms with E-state index in [4.69, 9.17) is 13.9 Å². The summed E-state index contributed by atoms with van der Waals surface area (Å²) < 4.78 is 15.8. The van der Waals surface area contributed by atoms with Gasteiger partial charge in [-0.3, -0.25) is 0 Å². The average Bonchev–Trinajstić information content (AvgIpc) is 2.87. The fraction of sp³-hybridized carbons (Fsp3) is 0.353. The normalized spacial score (nSPS) is 10.9. The minimum atomic E-state index is -0.496. The summed E-state index contributed by atoms with van der Waals surface area (Å²) in [7, 11) is 1.57. The highest BCUT2D eigenvalue weighted by Crippen LogP contribution is 2.28. The summed E-state index contributed by atoms with van der Waals surface area (Å²) in [5.74, 6) is 1.13. The number of furan rings is 1. The van der Waals surface area contributed by atoms with Crippen LogP contribution in [0.3, 0.4) is 0 Å². The maximum absolute atomic E-state index is 12.2. The number of carbonyl (C=O) groups excluding carboxylic acids is 1. The van der Waals surface area contributed by atoms with Crippen LogP contribution < -0.4 is 4.74 Å². The van der Waals surface area contributed by atoms with Crippen molar-refractivity contribution in [3.8, 4) is 5.75 Å². The van der Waals surface area contributed by atoms with E-state index in [0.717, 1.165) is 11.1 Å². The van der Waals surface area contributed by atoms with Crippen LogP contribution in [0, 0.1) is 6.92 Å². The summed E-state index contributed by atoms with van der Waals surface area (Å²) in [4.78, 5) is 12.2. The molecule has 0 aliphatic carbocycles. The molecule has 0 saturated carbocycles. The Kier molecular flexibility index (Phi) is 4.81. The molecular formula is C17H20O4. The molecule has 0 unspecified atom stereocenters. The summed E-state index contributed by atoms with van der Waals surface area (Å²) >= 11 is 0. The Morgan fingerprint density at radius 2 is 2.00 bits per heavy atom. The number of benzene rings is 1. The van der Waals surface area contributed by atoms with Crippen LogP contribution in [-0.2, 0) is 11.3 Å². The first-order chi connectivity index (χ1) is 10.0. The zero-order valence-corrected chi connectivity index (χ0v) is 12.8. The lowest BCUT2D eigenvalue weighted by atomic mass is 10.0. The number of aryl methyl sites for hydroxylation is 1. The van der Waals surface area contributed by atoms with E-state index in [1.165, 1.54) is 0 Å². The molecule has 0 N–H and O–H groups in total. The largest absolute Gasteiger partial charge is 0.452 e. The van der Waals surface area contributed by atoms with Gasteiger partial charge in [0.2, 0.25) is 5.76 Å². The van der Waals surface area contributed by atoms with Gasteiger partial charge in [0.15, 0.2) is 0 Å². The van der Waals surface area contributed by atoms with Gasteiger partial charge in [-0.2, -0.15) is 0 Å². The Hall–Kier alpha value is -2.07. The van der Waals surface area contributed by atoms with E-state index in [0.29, 0.717) is 18.1 Å². The molecule has 1 aromatic heterocycles. The van der Waals surface area contributed by atoms with Crippen LogP contribution in [0.25, 0.3) is 0 Å². The van der Waals surface area contributed by atoms with Gasteiger partial charge in [0.25, 0.3) is 0 Å². The SMILES string of the molecule is COCc1ccc(C(=O)Oc2cc(C)ccc2C(C)C)o1. The second-order valence-electron chi connectivity index (χ2n) is 5.28. The smallest absolute Gasteiger partial charge is 0.379 e. The van der Waals surface area contributed by atoms with Gasteiger partial charge in [-0.15, -0.1) is 0 Å². The van der Waals surface area contributed by atoms with Crippen molar-refractivity contribution in [2.45, 2.75) is 33.3 Å². The molecule has 0 spiro atoms. The van der Waals surface area contributed by atoms with E-state index in [9.17, 15) is 4.79 Å². The van der Waals surface area contributed by atoms with Crippen LogP contribution >= 0.6 is 0 Å². The summed E-state index contributed by atoms with van der Waals surface area (Å²) in [6, 6.07) is 9.17. The van der Waals surface area contributed by atoms with Crippen molar-refractivity contribution in [1.29, 1.82) is 0 Å². The Labute approximate surface area is 124 Å². The third-order valence-corrected chi connectivity index (χ3v) is 3.14. The zero-order chi connectivity index (χ0) is 15.4. The lowest BCUT2D eigenvalue weighted by molar-refractivity contribution is 0.0691. The fourth-order valence-electron chi connectivity index (χ4n) is 2.06. The molecule has 0 bridgehead atoms. The lowest BCUT2D eigenvalue weighted by Crippen LogP contribution is -2.09. The minimum absolute atomic E-state index is 0.179. The third kappa shape index (κ3) is 3.73. The third-order valence-electron chi connectivity index (χ3n) is 3.14. The highest BCUT2D eigenvalue weighted by Gasteiger charge is 2.17. The molecule has 0 atom stereocenters. The number of hydrogen-bond donors (Lipinski definition) is 0. The van der Waals surface area contributed by atoms with Gasteiger partial charge in [0.05, 0.1) is 0 Å². The highest BCUT2D eigenvalue weighted by atomic mass is 16.5. The van der Waals surface area contributed by atoms with Crippen molar-refractivity contribution in [2.24, 2.45) is 0 Å². The molecule has 0 saturated heterocycles. The van der Waals surface area contributed by atoms with Crippen LogP contribution in [0.4, 0.5) is 0 Å². The Morgan fingerprint density at radius 3 is 2.67 bits per heavy atom. The van der Waals surface area contributed by atoms with Crippen molar-refractivity contribution in [2.75, 3.05) is 7.11 Å². The van der Waals surface area contributed by atoms with Crippen molar-refractivity contribution in [1.82, 2.24) is 0 Å². The topological polar surface area (TPSA) is 48.7 Å². The van der Waals surface area contributed by atoms with Crippen LogP contribution in [0.2, 0.25) is 0 Å². The number of ether oxygens (including phenoxy) is 2. The van der Waals surface area contributed by atoms with Crippen molar-refractivity contribution in [3.63, 3.8) is 0 Å². The van der Waals surface area contributed by atoms with Crippen LogP contribution in [-0.4, -0.2) is 13.1 Å². The first-order valence-corrected chi connectivity index (χ1v) is 6.91. The molecule has 0 radical (unpaired) electrons. The Balaban J connectivity index is 2.20. The minimum Gasteiger partial charge on any atom is -0.452 e. The monoisotopic (exact) mass is 288 g/mol. The second-order valence-corrected chi connectivity index (χ2v) is 5.28. The standard InChI is InChI=1S/C17H20O4/c1-11(2)14-7-5-12(3)9-16(14)21-17(18)15-8-6-13(20-15)10-19-4/h5-9,11H,10H2,1-4H3. The van der Waals surface area contributed by atoms with Crippen LogP contribution in [0.15, 0.2) is 34.7 Å². The van der Waals surface area contributed by atoms with Gasteiger partial charge in [-0.1, -0.05) is 26.0 Å². The molecule has 0 amide bonds. The summed E-state index contributed by atoms with van der Waals surface area (Å²) in [6.45, 7) is 6.41. The Bertz CT molecular complexity index is 625. The molecule has 4 heteroatoms. The molecule has 0 fully saturated rings. The highest BCUT2D eigenvalue weighted by molar-refractivity contribution is 5.88. The average molecular weight is 288 g/mol. The predicted octanol–water partition coefficient (Wildman–Crippen LogP) is 4.08. The quantitative estimate of drug-likeness (QED) is 0.614. The fourth-order valence-corrected chi connectivity index (χ4v) is 2.06. The van der Waals surface area contributed by atoms with Crippen LogP contribution in [0.1, 0.15) is 47.2 Å². The number of esters is 1. The van der Waals surface area contributed by atoms with Gasteiger partial charge in [0.1, 0.15) is 18.1 Å². The first kappa shape index (κ1) is 15.3. The summed E-state index contributed by atoms with van der Waals surface area (Å²) in [5, 5.41) is 0. The molecule has 0 aliphatic heterocycles. The molecule has 4 nitrogen and oxygen atoms in total. The Morgan fingerprint density at radius 1 is 1.24 bits per heavy atom. The lowest BCUT2D eigenvalue weighted by Gasteiger charge is -2.12. The van der Waals surface area contributed by atoms with Gasteiger partial charge < -0.3 is 13.9 Å². The molecule has 0 aliphatic rings. The molecule has 1 heterocycles. The molecule has 2 aromatic rings. The number of rotatable bonds is 5. The van der Waals surface area contributed by atoms with Gasteiger partial charge in [-0.05, 0) is 42.2 Å². The number of hydrogen-bond acceptors (Lipinski definition) is 4. The van der Waals surface area contributed by atoms with E-state index < -0.39 is 5.97 Å². The van der Waals surface area contributed by atoms with E-state index in [1.54, 1.807) is 19.2 Å². The van der Waals surface area contributed by atoms with E-state index in [2.05, 4.69) is 13.8 Å². The van der Waals surface area contributed by atoms with Gasteiger partial charge >= 0.3 is 5.97 Å². The first-order valence-electron chi connectivity index (χ1n) is 6.91. The maximum Gasteiger partial charge on any atom is 0.379 e. The molecule has 1 aromatic carbocycles. The van der Waals surface area contributed by atoms with Gasteiger partial charge in [-0.25, -0.2) is 4.79 Å². The molecule has 2 rings (SSSR count). The second kappa shape index (κ2) is 6.59. The predicted molar refractivity (Wildman–Crippen MR) is 79.6 cm³/mol. The summed E-state index contributed by atoms with van der Waals surface area (Å²) in [6.07, 6.45) is 0. The summed E-state index contributed by atoms with van der Waals surface area (Å²) in [5.41, 5.74) is 2.04. The van der Waals surface area contributed by atoms with Gasteiger partial charge in [0, 0.05) is 7.11 Å². The number of methoxy groups -OCH3 is 1. The number of carbonyl (C=O) groups is 1.